The zero-order chi connectivity index (χ0) is 16.4. The molecule has 0 bridgehead atoms. The lowest BCUT2D eigenvalue weighted by Gasteiger charge is -2.23. The molecule has 0 unspecified atom stereocenters. The van der Waals surface area contributed by atoms with Crippen molar-refractivity contribution in [2.24, 2.45) is 5.92 Å². The van der Waals surface area contributed by atoms with Crippen molar-refractivity contribution < 1.29 is 4.79 Å². The summed E-state index contributed by atoms with van der Waals surface area (Å²) in [4.78, 5) is 11.9. The number of carbonyl (C=O) groups excluding carboxylic acids is 1. The van der Waals surface area contributed by atoms with Crippen LogP contribution in [-0.4, -0.2) is 16.1 Å². The Kier molecular flexibility index (Phi) is 4.48. The summed E-state index contributed by atoms with van der Waals surface area (Å²) in [6, 6.07) is 7.47. The Balaban J connectivity index is 1.69. The molecule has 0 spiro atoms. The topological polar surface area (TPSA) is 66.9 Å². The van der Waals surface area contributed by atoms with Crippen LogP contribution < -0.4 is 10.6 Å². The summed E-state index contributed by atoms with van der Waals surface area (Å²) in [6.07, 6.45) is 3.05. The molecule has 0 atom stereocenters. The quantitative estimate of drug-likeness (QED) is 0.880. The van der Waals surface area contributed by atoms with Crippen LogP contribution in [0.4, 0.5) is 17.3 Å². The monoisotopic (exact) mass is 330 g/mol. The molecule has 1 aromatic heterocycles. The first-order valence-corrected chi connectivity index (χ1v) is 8.09. The van der Waals surface area contributed by atoms with Crippen LogP contribution >= 0.6 is 11.6 Å². The van der Waals surface area contributed by atoms with E-state index < -0.39 is 0 Å². The summed E-state index contributed by atoms with van der Waals surface area (Å²) >= 11 is 6.27. The lowest BCUT2D eigenvalue weighted by Crippen LogP contribution is -2.28. The van der Waals surface area contributed by atoms with Crippen LogP contribution in [0.25, 0.3) is 0 Å². The molecule has 1 heterocycles. The van der Waals surface area contributed by atoms with Gasteiger partial charge in [0.1, 0.15) is 0 Å². The van der Waals surface area contributed by atoms with Gasteiger partial charge in [0, 0.05) is 5.92 Å². The van der Waals surface area contributed by atoms with Crippen molar-refractivity contribution >= 4 is 34.8 Å². The van der Waals surface area contributed by atoms with E-state index in [-0.39, 0.29) is 11.8 Å². The molecule has 3 rings (SSSR count). The van der Waals surface area contributed by atoms with Crippen molar-refractivity contribution in [2.45, 2.75) is 33.1 Å². The number of rotatable bonds is 4. The molecule has 1 aliphatic rings. The van der Waals surface area contributed by atoms with Gasteiger partial charge in [-0.05, 0) is 56.0 Å². The molecule has 5 nitrogen and oxygen atoms in total. The number of hydrogen-bond acceptors (Lipinski definition) is 4. The minimum Gasteiger partial charge on any atom is -0.337 e. The van der Waals surface area contributed by atoms with Gasteiger partial charge in [-0.15, -0.1) is 10.2 Å². The van der Waals surface area contributed by atoms with Gasteiger partial charge in [0.15, 0.2) is 11.6 Å². The lowest BCUT2D eigenvalue weighted by atomic mass is 9.85. The SMILES string of the molecule is Cc1cc(C)c(Nc2ccc(NC(=O)C3CCC3)nn2)c(Cl)c1. The highest BCUT2D eigenvalue weighted by Gasteiger charge is 2.25. The van der Waals surface area contributed by atoms with E-state index in [1.165, 1.54) is 0 Å². The van der Waals surface area contributed by atoms with Crippen LogP contribution in [0.1, 0.15) is 30.4 Å². The first-order chi connectivity index (χ1) is 11.0. The predicted molar refractivity (Wildman–Crippen MR) is 92.2 cm³/mol. The third-order valence-corrected chi connectivity index (χ3v) is 4.37. The zero-order valence-corrected chi connectivity index (χ0v) is 13.9. The first kappa shape index (κ1) is 15.7. The smallest absolute Gasteiger partial charge is 0.228 e. The number of benzene rings is 1. The molecule has 1 amide bonds. The minimum absolute atomic E-state index is 0.0312. The second-order valence-corrected chi connectivity index (χ2v) is 6.39. The van der Waals surface area contributed by atoms with Crippen LogP contribution in [0.15, 0.2) is 24.3 Å². The molecular weight excluding hydrogens is 312 g/mol. The van der Waals surface area contributed by atoms with Crippen molar-refractivity contribution in [3.05, 3.63) is 40.4 Å². The summed E-state index contributed by atoms with van der Waals surface area (Å²) < 4.78 is 0. The fourth-order valence-corrected chi connectivity index (χ4v) is 2.93. The molecule has 1 fully saturated rings. The maximum absolute atomic E-state index is 11.9. The van der Waals surface area contributed by atoms with Gasteiger partial charge in [0.25, 0.3) is 0 Å². The molecule has 2 aromatic rings. The maximum atomic E-state index is 11.9. The molecule has 0 saturated heterocycles. The molecule has 6 heteroatoms. The van der Waals surface area contributed by atoms with Crippen LogP contribution in [0, 0.1) is 19.8 Å². The molecule has 1 aromatic carbocycles. The van der Waals surface area contributed by atoms with Gasteiger partial charge in [0.05, 0.1) is 10.7 Å². The Labute approximate surface area is 140 Å². The normalized spacial score (nSPS) is 14.2. The average molecular weight is 331 g/mol. The molecule has 23 heavy (non-hydrogen) atoms. The van der Waals surface area contributed by atoms with Gasteiger partial charge < -0.3 is 10.6 Å². The number of aromatic nitrogens is 2. The molecule has 0 aliphatic heterocycles. The standard InChI is InChI=1S/C17H19ClN4O/c1-10-8-11(2)16(13(18)9-10)19-14-6-7-15(22-21-14)20-17(23)12-4-3-5-12/h6-9,12H,3-5H2,1-2H3,(H,19,21)(H,20,22,23). The van der Waals surface area contributed by atoms with E-state index in [0.717, 1.165) is 36.1 Å². The number of aryl methyl sites for hydroxylation is 2. The predicted octanol–water partition coefficient (Wildman–Crippen LogP) is 4.23. The van der Waals surface area contributed by atoms with Gasteiger partial charge in [-0.1, -0.05) is 24.1 Å². The van der Waals surface area contributed by atoms with E-state index in [9.17, 15) is 4.79 Å². The number of nitrogens with one attached hydrogen (secondary N) is 2. The molecule has 2 N–H and O–H groups in total. The van der Waals surface area contributed by atoms with E-state index in [2.05, 4.69) is 26.9 Å². The maximum Gasteiger partial charge on any atom is 0.228 e. The Hall–Kier alpha value is -2.14. The van der Waals surface area contributed by atoms with Crippen LogP contribution in [0.2, 0.25) is 5.02 Å². The minimum atomic E-state index is 0.0312. The highest BCUT2D eigenvalue weighted by atomic mass is 35.5. The lowest BCUT2D eigenvalue weighted by molar-refractivity contribution is -0.122. The number of amides is 1. The largest absolute Gasteiger partial charge is 0.337 e. The van der Waals surface area contributed by atoms with E-state index in [0.29, 0.717) is 16.7 Å². The zero-order valence-electron chi connectivity index (χ0n) is 13.2. The van der Waals surface area contributed by atoms with Gasteiger partial charge in [-0.2, -0.15) is 0 Å². The number of hydrogen-bond donors (Lipinski definition) is 2. The van der Waals surface area contributed by atoms with E-state index >= 15 is 0 Å². The number of carbonyl (C=O) groups is 1. The van der Waals surface area contributed by atoms with Gasteiger partial charge >= 0.3 is 0 Å². The summed E-state index contributed by atoms with van der Waals surface area (Å²) in [6.45, 7) is 3.99. The van der Waals surface area contributed by atoms with Crippen molar-refractivity contribution in [3.63, 3.8) is 0 Å². The van der Waals surface area contributed by atoms with Crippen molar-refractivity contribution in [1.82, 2.24) is 10.2 Å². The van der Waals surface area contributed by atoms with Gasteiger partial charge in [-0.25, -0.2) is 0 Å². The van der Waals surface area contributed by atoms with Crippen molar-refractivity contribution in [1.29, 1.82) is 0 Å². The van der Waals surface area contributed by atoms with Gasteiger partial charge in [-0.3, -0.25) is 4.79 Å². The summed E-state index contributed by atoms with van der Waals surface area (Å²) in [5.74, 6) is 1.21. The number of halogens is 1. The molecule has 120 valence electrons. The summed E-state index contributed by atoms with van der Waals surface area (Å²) in [5.41, 5.74) is 2.97. The Morgan fingerprint density at radius 1 is 1.17 bits per heavy atom. The third kappa shape index (κ3) is 3.62. The molecule has 1 aliphatic carbocycles. The number of nitrogens with zero attached hydrogens (tertiary/aromatic N) is 2. The van der Waals surface area contributed by atoms with Crippen LogP contribution in [0.3, 0.4) is 0 Å². The Bertz CT molecular complexity index is 703. The van der Waals surface area contributed by atoms with Crippen LogP contribution in [0.5, 0.6) is 0 Å². The Morgan fingerprint density at radius 3 is 2.43 bits per heavy atom. The highest BCUT2D eigenvalue weighted by Crippen LogP contribution is 2.30. The second-order valence-electron chi connectivity index (χ2n) is 5.98. The van der Waals surface area contributed by atoms with Crippen LogP contribution in [-0.2, 0) is 4.79 Å². The highest BCUT2D eigenvalue weighted by molar-refractivity contribution is 6.33. The van der Waals surface area contributed by atoms with E-state index in [4.69, 9.17) is 11.6 Å². The van der Waals surface area contributed by atoms with E-state index in [1.807, 2.05) is 19.9 Å². The van der Waals surface area contributed by atoms with Crippen molar-refractivity contribution in [3.8, 4) is 0 Å². The van der Waals surface area contributed by atoms with Crippen molar-refractivity contribution in [2.75, 3.05) is 10.6 Å². The molecule has 0 radical (unpaired) electrons. The fraction of sp³-hybridized carbons (Fsp3) is 0.353. The average Bonchev–Trinajstić information content (AvgIpc) is 2.42. The van der Waals surface area contributed by atoms with Gasteiger partial charge in [0.2, 0.25) is 5.91 Å². The number of anilines is 3. The second kappa shape index (κ2) is 6.54. The summed E-state index contributed by atoms with van der Waals surface area (Å²) in [7, 11) is 0. The summed E-state index contributed by atoms with van der Waals surface area (Å²) in [5, 5.41) is 14.8. The molecular formula is C17H19ClN4O. The first-order valence-electron chi connectivity index (χ1n) is 7.71. The third-order valence-electron chi connectivity index (χ3n) is 4.08. The molecule has 1 saturated carbocycles. The fourth-order valence-electron chi connectivity index (χ4n) is 2.57. The van der Waals surface area contributed by atoms with E-state index in [1.54, 1.807) is 12.1 Å². The Morgan fingerprint density at radius 2 is 1.87 bits per heavy atom.